The van der Waals surface area contributed by atoms with Crippen molar-refractivity contribution in [3.63, 3.8) is 0 Å². The molecule has 0 spiro atoms. The van der Waals surface area contributed by atoms with Gasteiger partial charge in [0.1, 0.15) is 0 Å². The van der Waals surface area contributed by atoms with Crippen LogP contribution in [0.1, 0.15) is 11.1 Å². The van der Waals surface area contributed by atoms with Crippen LogP contribution in [0.15, 0.2) is 58.1 Å². The third-order valence-corrected chi connectivity index (χ3v) is 5.70. The Morgan fingerprint density at radius 1 is 1.00 bits per heavy atom. The third-order valence-electron chi connectivity index (χ3n) is 5.70. The Kier molecular flexibility index (Phi) is 3.73. The summed E-state index contributed by atoms with van der Waals surface area (Å²) in [5.74, 6) is 0. The van der Waals surface area contributed by atoms with Crippen molar-refractivity contribution in [2.45, 2.75) is 6.42 Å². The van der Waals surface area contributed by atoms with Gasteiger partial charge in [0.25, 0.3) is 11.2 Å². The van der Waals surface area contributed by atoms with Crippen molar-refractivity contribution < 1.29 is 4.92 Å². The Balaban J connectivity index is 1.96. The Morgan fingerprint density at radius 2 is 1.70 bits per heavy atom. The minimum absolute atomic E-state index is 0.0302. The van der Waals surface area contributed by atoms with E-state index < -0.39 is 16.2 Å². The molecule has 0 unspecified atom stereocenters. The summed E-state index contributed by atoms with van der Waals surface area (Å²) in [6.45, 7) is 0. The molecule has 1 aliphatic carbocycles. The molecule has 2 aromatic carbocycles. The maximum absolute atomic E-state index is 13.1. The van der Waals surface area contributed by atoms with Crippen LogP contribution in [0, 0.1) is 10.1 Å². The topological polar surface area (TPSA) is 100 Å². The first-order chi connectivity index (χ1) is 14.4. The summed E-state index contributed by atoms with van der Waals surface area (Å²) >= 11 is 0. The van der Waals surface area contributed by atoms with E-state index in [0.29, 0.717) is 28.6 Å². The molecule has 0 bridgehead atoms. The molecule has 2 aromatic heterocycles. The second-order valence-electron chi connectivity index (χ2n) is 7.36. The highest BCUT2D eigenvalue weighted by Gasteiger charge is 2.28. The van der Waals surface area contributed by atoms with Gasteiger partial charge in [0.15, 0.2) is 5.65 Å². The van der Waals surface area contributed by atoms with Crippen molar-refractivity contribution in [3.8, 4) is 22.4 Å². The van der Waals surface area contributed by atoms with Crippen molar-refractivity contribution in [1.29, 1.82) is 0 Å². The Morgan fingerprint density at radius 3 is 2.40 bits per heavy atom. The molecule has 0 N–H and O–H groups in total. The lowest BCUT2D eigenvalue weighted by Gasteiger charge is -2.15. The summed E-state index contributed by atoms with van der Waals surface area (Å²) in [7, 11) is 3.02. The van der Waals surface area contributed by atoms with Crippen molar-refractivity contribution in [1.82, 2.24) is 14.1 Å². The van der Waals surface area contributed by atoms with Gasteiger partial charge in [0.05, 0.1) is 16.0 Å². The highest BCUT2D eigenvalue weighted by Crippen LogP contribution is 2.42. The number of benzene rings is 2. The number of hydrogen-bond acceptors (Lipinski definition) is 5. The molecule has 0 amide bonds. The fourth-order valence-corrected chi connectivity index (χ4v) is 4.19. The first-order valence-corrected chi connectivity index (χ1v) is 9.34. The quantitative estimate of drug-likeness (QED) is 0.335. The molecule has 148 valence electrons. The monoisotopic (exact) mass is 400 g/mol. The number of aryl methyl sites for hydroxylation is 1. The molecule has 0 aliphatic heterocycles. The Bertz CT molecular complexity index is 1500. The third kappa shape index (κ3) is 2.37. The molecule has 2 heterocycles. The smallest absolute Gasteiger partial charge is 0.280 e. The average molecular weight is 400 g/mol. The van der Waals surface area contributed by atoms with Crippen molar-refractivity contribution >= 4 is 16.7 Å². The predicted molar refractivity (Wildman–Crippen MR) is 113 cm³/mol. The van der Waals surface area contributed by atoms with E-state index in [9.17, 15) is 19.7 Å². The van der Waals surface area contributed by atoms with E-state index in [4.69, 9.17) is 4.98 Å². The normalized spacial score (nSPS) is 12.1. The van der Waals surface area contributed by atoms with Crippen LogP contribution < -0.4 is 11.2 Å². The molecule has 0 fully saturated rings. The lowest BCUT2D eigenvalue weighted by Crippen LogP contribution is -2.37. The highest BCUT2D eigenvalue weighted by molar-refractivity contribution is 5.99. The van der Waals surface area contributed by atoms with E-state index in [-0.39, 0.29) is 5.69 Å². The number of pyridine rings is 1. The highest BCUT2D eigenvalue weighted by atomic mass is 16.6. The fraction of sp³-hybridized carbons (Fsp3) is 0.136. The summed E-state index contributed by atoms with van der Waals surface area (Å²) in [5.41, 5.74) is 4.37. The van der Waals surface area contributed by atoms with Crippen LogP contribution in [0.4, 0.5) is 5.69 Å². The minimum atomic E-state index is -0.461. The average Bonchev–Trinajstić information content (AvgIpc) is 3.13. The van der Waals surface area contributed by atoms with Crippen LogP contribution in [-0.4, -0.2) is 19.0 Å². The van der Waals surface area contributed by atoms with Crippen LogP contribution in [-0.2, 0) is 20.5 Å². The zero-order valence-corrected chi connectivity index (χ0v) is 16.2. The molecular formula is C22H16N4O4. The van der Waals surface area contributed by atoms with E-state index in [0.717, 1.165) is 27.0 Å². The standard InChI is InChI=1S/C22H16N4O4/c1-24-20-18(21(27)25(2)22(24)28)17(12-7-9-14(10-8-12)26(29)30)16-11-13-5-3-4-6-15(13)19(16)23-20/h3-10H,11H2,1-2H3. The Labute approximate surface area is 169 Å². The molecule has 8 heteroatoms. The molecule has 1 aliphatic rings. The maximum Gasteiger partial charge on any atom is 0.332 e. The summed E-state index contributed by atoms with van der Waals surface area (Å²) in [5, 5.41) is 11.4. The van der Waals surface area contributed by atoms with Gasteiger partial charge in [-0.1, -0.05) is 24.3 Å². The van der Waals surface area contributed by atoms with Crippen LogP contribution in [0.3, 0.4) is 0 Å². The van der Waals surface area contributed by atoms with E-state index in [2.05, 4.69) is 0 Å². The minimum Gasteiger partial charge on any atom is -0.280 e. The molecule has 8 nitrogen and oxygen atoms in total. The van der Waals surface area contributed by atoms with Gasteiger partial charge in [0, 0.05) is 43.8 Å². The number of aromatic nitrogens is 3. The molecule has 0 saturated carbocycles. The van der Waals surface area contributed by atoms with Crippen molar-refractivity contribution in [3.05, 3.63) is 90.6 Å². The van der Waals surface area contributed by atoms with Crippen molar-refractivity contribution in [2.24, 2.45) is 14.1 Å². The lowest BCUT2D eigenvalue weighted by atomic mass is 9.95. The number of rotatable bonds is 2. The van der Waals surface area contributed by atoms with Gasteiger partial charge < -0.3 is 0 Å². The molecule has 0 atom stereocenters. The van der Waals surface area contributed by atoms with E-state index in [1.165, 1.54) is 23.7 Å². The number of nitrogens with zero attached hydrogens (tertiary/aromatic N) is 4. The number of nitro benzene ring substituents is 1. The second kappa shape index (κ2) is 6.21. The van der Waals surface area contributed by atoms with E-state index in [1.54, 1.807) is 19.2 Å². The van der Waals surface area contributed by atoms with Crippen molar-refractivity contribution in [2.75, 3.05) is 0 Å². The first-order valence-electron chi connectivity index (χ1n) is 9.34. The Hall–Kier alpha value is -4.07. The SMILES string of the molecule is Cn1c(=O)c2c(-c3ccc([N+](=O)[O-])cc3)c3c(nc2n(C)c1=O)-c1ccccc1C3. The van der Waals surface area contributed by atoms with Gasteiger partial charge >= 0.3 is 5.69 Å². The maximum atomic E-state index is 13.1. The van der Waals surface area contributed by atoms with Crippen LogP contribution in [0.5, 0.6) is 0 Å². The summed E-state index contributed by atoms with van der Waals surface area (Å²) in [6, 6.07) is 14.0. The summed E-state index contributed by atoms with van der Waals surface area (Å²) in [4.78, 5) is 41.0. The molecule has 0 saturated heterocycles. The van der Waals surface area contributed by atoms with Gasteiger partial charge in [0.2, 0.25) is 0 Å². The van der Waals surface area contributed by atoms with Gasteiger partial charge in [-0.25, -0.2) is 9.78 Å². The van der Waals surface area contributed by atoms with Gasteiger partial charge in [-0.2, -0.15) is 0 Å². The van der Waals surface area contributed by atoms with Crippen LogP contribution in [0.2, 0.25) is 0 Å². The molecule has 5 rings (SSSR count). The predicted octanol–water partition coefficient (Wildman–Crippen LogP) is 2.78. The zero-order valence-electron chi connectivity index (χ0n) is 16.2. The second-order valence-corrected chi connectivity index (χ2v) is 7.36. The van der Waals surface area contributed by atoms with Gasteiger partial charge in [-0.05, 0) is 28.8 Å². The fourth-order valence-electron chi connectivity index (χ4n) is 4.19. The largest absolute Gasteiger partial charge is 0.332 e. The number of fused-ring (bicyclic) bond motifs is 4. The summed E-state index contributed by atoms with van der Waals surface area (Å²) < 4.78 is 2.43. The molecule has 4 aromatic rings. The molecular weight excluding hydrogens is 384 g/mol. The van der Waals surface area contributed by atoms with Crippen LogP contribution in [0.25, 0.3) is 33.4 Å². The number of hydrogen-bond donors (Lipinski definition) is 0. The van der Waals surface area contributed by atoms with Crippen LogP contribution >= 0.6 is 0 Å². The first kappa shape index (κ1) is 18.0. The number of nitro groups is 1. The van der Waals surface area contributed by atoms with E-state index >= 15 is 0 Å². The van der Waals surface area contributed by atoms with E-state index in [1.807, 2.05) is 24.3 Å². The van der Waals surface area contributed by atoms with Gasteiger partial charge in [-0.15, -0.1) is 0 Å². The zero-order chi connectivity index (χ0) is 21.2. The van der Waals surface area contributed by atoms with Gasteiger partial charge in [-0.3, -0.25) is 24.0 Å². The number of non-ortho nitro benzene ring substituents is 1. The lowest BCUT2D eigenvalue weighted by molar-refractivity contribution is -0.384. The summed E-state index contributed by atoms with van der Waals surface area (Å²) in [6.07, 6.45) is 0.590. The molecule has 0 radical (unpaired) electrons. The molecule has 30 heavy (non-hydrogen) atoms.